The van der Waals surface area contributed by atoms with Crippen LogP contribution >= 0.6 is 11.6 Å². The predicted octanol–water partition coefficient (Wildman–Crippen LogP) is 3.84. The lowest BCUT2D eigenvalue weighted by Crippen LogP contribution is -2.27. The normalized spacial score (nSPS) is 10.3. The Morgan fingerprint density at radius 2 is 1.80 bits per heavy atom. The van der Waals surface area contributed by atoms with Gasteiger partial charge in [-0.2, -0.15) is 0 Å². The highest BCUT2D eigenvalue weighted by atomic mass is 35.5. The smallest absolute Gasteiger partial charge is 0.319 e. The topological polar surface area (TPSA) is 99.2 Å². The van der Waals surface area contributed by atoms with Gasteiger partial charge in [0.25, 0.3) is 5.91 Å². The molecule has 0 aliphatic rings. The van der Waals surface area contributed by atoms with E-state index in [1.807, 2.05) is 0 Å². The minimum atomic E-state index is -0.353. The number of urea groups is 1. The molecule has 2 heterocycles. The summed E-state index contributed by atoms with van der Waals surface area (Å²) in [6, 6.07) is 11.5. The summed E-state index contributed by atoms with van der Waals surface area (Å²) in [6.45, 7) is 0.297. The molecule has 3 amide bonds. The van der Waals surface area contributed by atoms with Gasteiger partial charge in [-0.25, -0.2) is 4.79 Å². The molecule has 2 aromatic heterocycles. The van der Waals surface area contributed by atoms with Gasteiger partial charge in [0.05, 0.1) is 17.8 Å². The number of rotatable bonds is 5. The first-order valence-corrected chi connectivity index (χ1v) is 7.80. The first kappa shape index (κ1) is 16.7. The van der Waals surface area contributed by atoms with Crippen LogP contribution in [0.5, 0.6) is 0 Å². The fourth-order valence-electron chi connectivity index (χ4n) is 2.09. The van der Waals surface area contributed by atoms with Gasteiger partial charge in [-0.1, -0.05) is 11.6 Å². The molecule has 1 aromatic carbocycles. The molecular weight excluding hydrogens is 344 g/mol. The largest absolute Gasteiger partial charge is 0.467 e. The number of anilines is 2. The van der Waals surface area contributed by atoms with Crippen molar-refractivity contribution in [1.82, 2.24) is 10.3 Å². The second-order valence-electron chi connectivity index (χ2n) is 5.15. The van der Waals surface area contributed by atoms with Crippen LogP contribution in [0.1, 0.15) is 16.2 Å². The fraction of sp³-hybridized carbons (Fsp3) is 0.0588. The van der Waals surface area contributed by atoms with Crippen molar-refractivity contribution in [3.05, 3.63) is 71.4 Å². The lowest BCUT2D eigenvalue weighted by atomic mass is 10.2. The first-order valence-electron chi connectivity index (χ1n) is 7.43. The number of carbonyl (C=O) groups is 2. The summed E-state index contributed by atoms with van der Waals surface area (Å²) in [4.78, 5) is 26.6. The number of aromatic amines is 1. The molecule has 0 bridgehead atoms. The zero-order valence-corrected chi connectivity index (χ0v) is 13.8. The van der Waals surface area contributed by atoms with Crippen molar-refractivity contribution in [2.75, 3.05) is 10.6 Å². The average Bonchev–Trinajstić information content (AvgIpc) is 3.26. The molecule has 0 radical (unpaired) electrons. The van der Waals surface area contributed by atoms with Crippen LogP contribution in [0.25, 0.3) is 0 Å². The molecule has 128 valence electrons. The zero-order chi connectivity index (χ0) is 17.6. The molecule has 7 nitrogen and oxygen atoms in total. The molecule has 0 aliphatic heterocycles. The predicted molar refractivity (Wildman–Crippen MR) is 94.8 cm³/mol. The molecule has 0 saturated heterocycles. The third-order valence-corrected chi connectivity index (χ3v) is 3.51. The Morgan fingerprint density at radius 3 is 2.40 bits per heavy atom. The van der Waals surface area contributed by atoms with Crippen molar-refractivity contribution in [2.24, 2.45) is 0 Å². The quantitative estimate of drug-likeness (QED) is 0.557. The van der Waals surface area contributed by atoms with E-state index in [9.17, 15) is 9.59 Å². The third kappa shape index (κ3) is 4.65. The van der Waals surface area contributed by atoms with Gasteiger partial charge in [-0.3, -0.25) is 4.79 Å². The van der Waals surface area contributed by atoms with Crippen molar-refractivity contribution in [2.45, 2.75) is 6.54 Å². The van der Waals surface area contributed by atoms with E-state index in [1.54, 1.807) is 42.7 Å². The molecule has 25 heavy (non-hydrogen) atoms. The van der Waals surface area contributed by atoms with Gasteiger partial charge in [0, 0.05) is 17.6 Å². The number of halogens is 1. The Hall–Kier alpha value is -3.19. The van der Waals surface area contributed by atoms with E-state index in [4.69, 9.17) is 16.0 Å². The fourth-order valence-corrected chi connectivity index (χ4v) is 2.25. The summed E-state index contributed by atoms with van der Waals surface area (Å²) >= 11 is 5.77. The summed E-state index contributed by atoms with van der Waals surface area (Å²) in [5.41, 5.74) is 1.56. The maximum atomic E-state index is 12.0. The minimum absolute atomic E-state index is 0.297. The van der Waals surface area contributed by atoms with E-state index in [1.165, 1.54) is 12.3 Å². The molecule has 3 rings (SSSR count). The van der Waals surface area contributed by atoms with E-state index >= 15 is 0 Å². The Balaban J connectivity index is 1.51. The van der Waals surface area contributed by atoms with Crippen molar-refractivity contribution >= 4 is 34.9 Å². The van der Waals surface area contributed by atoms with Crippen molar-refractivity contribution < 1.29 is 14.0 Å². The van der Waals surface area contributed by atoms with Crippen LogP contribution < -0.4 is 16.0 Å². The molecule has 0 atom stereocenters. The number of hydrogen-bond acceptors (Lipinski definition) is 3. The number of aromatic nitrogens is 1. The highest BCUT2D eigenvalue weighted by molar-refractivity contribution is 6.31. The standard InChI is InChI=1S/C17H15ClN4O3/c18-11-8-15(19-9-11)16(23)21-12-3-5-13(6-4-12)22-17(24)20-10-14-2-1-7-25-14/h1-9,19H,10H2,(H,21,23)(H2,20,22,24). The van der Waals surface area contributed by atoms with E-state index in [2.05, 4.69) is 20.9 Å². The highest BCUT2D eigenvalue weighted by Crippen LogP contribution is 2.16. The van der Waals surface area contributed by atoms with Crippen molar-refractivity contribution in [3.8, 4) is 0 Å². The zero-order valence-electron chi connectivity index (χ0n) is 13.0. The Morgan fingerprint density at radius 1 is 1.08 bits per heavy atom. The molecule has 3 aromatic rings. The van der Waals surface area contributed by atoms with E-state index in [0.29, 0.717) is 34.4 Å². The second kappa shape index (κ2) is 7.59. The molecule has 0 aliphatic carbocycles. The lowest BCUT2D eigenvalue weighted by Gasteiger charge is -2.08. The van der Waals surface area contributed by atoms with Gasteiger partial charge >= 0.3 is 6.03 Å². The Bertz CT molecular complexity index is 856. The van der Waals surface area contributed by atoms with E-state index < -0.39 is 0 Å². The summed E-state index contributed by atoms with van der Waals surface area (Å²) in [6.07, 6.45) is 3.08. The number of H-pyrrole nitrogens is 1. The van der Waals surface area contributed by atoms with Gasteiger partial charge in [-0.15, -0.1) is 0 Å². The van der Waals surface area contributed by atoms with Crippen LogP contribution in [0.3, 0.4) is 0 Å². The van der Waals surface area contributed by atoms with E-state index in [0.717, 1.165) is 0 Å². The van der Waals surface area contributed by atoms with Crippen molar-refractivity contribution in [3.63, 3.8) is 0 Å². The molecule has 8 heteroatoms. The number of hydrogen-bond donors (Lipinski definition) is 4. The van der Waals surface area contributed by atoms with Gasteiger partial charge in [-0.05, 0) is 42.5 Å². The number of amides is 3. The molecular formula is C17H15ClN4O3. The van der Waals surface area contributed by atoms with Crippen molar-refractivity contribution in [1.29, 1.82) is 0 Å². The second-order valence-corrected chi connectivity index (χ2v) is 5.59. The molecule has 0 saturated carbocycles. The van der Waals surface area contributed by atoms with Crippen LogP contribution in [-0.2, 0) is 6.54 Å². The monoisotopic (exact) mass is 358 g/mol. The van der Waals surface area contributed by atoms with Crippen LogP contribution in [0.4, 0.5) is 16.2 Å². The van der Waals surface area contributed by atoms with Crippen LogP contribution in [-0.4, -0.2) is 16.9 Å². The molecule has 0 fully saturated rings. The highest BCUT2D eigenvalue weighted by Gasteiger charge is 2.08. The Labute approximate surface area is 148 Å². The van der Waals surface area contributed by atoms with Gasteiger partial charge in [0.1, 0.15) is 11.5 Å². The van der Waals surface area contributed by atoms with Gasteiger partial charge in [0.15, 0.2) is 0 Å². The maximum Gasteiger partial charge on any atom is 0.319 e. The third-order valence-electron chi connectivity index (χ3n) is 3.30. The van der Waals surface area contributed by atoms with Crippen LogP contribution in [0.2, 0.25) is 5.02 Å². The lowest BCUT2D eigenvalue weighted by molar-refractivity contribution is 0.102. The molecule has 0 unspecified atom stereocenters. The first-order chi connectivity index (χ1) is 12.1. The van der Waals surface area contributed by atoms with Gasteiger partial charge in [0.2, 0.25) is 0 Å². The number of benzene rings is 1. The minimum Gasteiger partial charge on any atom is -0.467 e. The SMILES string of the molecule is O=C(NCc1ccco1)Nc1ccc(NC(=O)c2cc(Cl)c[nH]2)cc1. The number of carbonyl (C=O) groups excluding carboxylic acids is 2. The Kier molecular flexibility index (Phi) is 5.06. The summed E-state index contributed by atoms with van der Waals surface area (Å²) in [7, 11) is 0. The van der Waals surface area contributed by atoms with Crippen LogP contribution in [0.15, 0.2) is 59.3 Å². The molecule has 4 N–H and O–H groups in total. The average molecular weight is 359 g/mol. The molecule has 0 spiro atoms. The van der Waals surface area contributed by atoms with Crippen LogP contribution in [0, 0.1) is 0 Å². The summed E-state index contributed by atoms with van der Waals surface area (Å²) in [5.74, 6) is 0.362. The number of nitrogens with one attached hydrogen (secondary N) is 4. The van der Waals surface area contributed by atoms with E-state index in [-0.39, 0.29) is 11.9 Å². The number of furan rings is 1. The summed E-state index contributed by atoms with van der Waals surface area (Å²) < 4.78 is 5.13. The summed E-state index contributed by atoms with van der Waals surface area (Å²) in [5, 5.41) is 8.56. The maximum absolute atomic E-state index is 12.0. The van der Waals surface area contributed by atoms with Gasteiger partial charge < -0.3 is 25.4 Å².